The monoisotopic (exact) mass is 467 g/mol. The van der Waals surface area contributed by atoms with Crippen LogP contribution >= 0.6 is 11.6 Å². The third kappa shape index (κ3) is 6.09. The van der Waals surface area contributed by atoms with E-state index in [0.29, 0.717) is 41.6 Å². The standard InChI is InChI=1S/C24H29ClF3N3O/c1-3-5-13-31(14-6-4-2)21-16-17(23-29-11-12-30-23)15-20(24(26,27)28)22(21)32-19-9-7-18(25)8-10-19/h7-9,11-12,15-16,19H,3-6,10,13-14H2,1-2H3,(H,29,30). The van der Waals surface area contributed by atoms with Crippen molar-refractivity contribution < 1.29 is 17.9 Å². The smallest absolute Gasteiger partial charge is 0.420 e. The quantitative estimate of drug-likeness (QED) is 0.397. The van der Waals surface area contributed by atoms with E-state index in [1.807, 2.05) is 4.90 Å². The van der Waals surface area contributed by atoms with Crippen LogP contribution in [0.5, 0.6) is 5.75 Å². The van der Waals surface area contributed by atoms with Gasteiger partial charge >= 0.3 is 6.18 Å². The summed E-state index contributed by atoms with van der Waals surface area (Å²) in [5.41, 5.74) is 0.0282. The lowest BCUT2D eigenvalue weighted by molar-refractivity contribution is -0.139. The highest BCUT2D eigenvalue weighted by molar-refractivity contribution is 6.31. The van der Waals surface area contributed by atoms with Gasteiger partial charge in [-0.2, -0.15) is 13.2 Å². The van der Waals surface area contributed by atoms with Crippen LogP contribution < -0.4 is 9.64 Å². The maximum atomic E-state index is 14.3. The van der Waals surface area contributed by atoms with Crippen LogP contribution in [0.2, 0.25) is 0 Å². The molecule has 0 fully saturated rings. The summed E-state index contributed by atoms with van der Waals surface area (Å²) in [6.45, 7) is 5.44. The largest absolute Gasteiger partial charge is 0.483 e. The second kappa shape index (κ2) is 10.9. The fraction of sp³-hybridized carbons (Fsp3) is 0.458. The van der Waals surface area contributed by atoms with Gasteiger partial charge in [-0.1, -0.05) is 44.4 Å². The number of aromatic amines is 1. The Morgan fingerprint density at radius 1 is 1.19 bits per heavy atom. The van der Waals surface area contributed by atoms with Crippen LogP contribution in [-0.2, 0) is 6.18 Å². The van der Waals surface area contributed by atoms with Crippen molar-refractivity contribution in [1.82, 2.24) is 9.97 Å². The Balaban J connectivity index is 2.14. The Kier molecular flexibility index (Phi) is 8.29. The molecule has 1 aliphatic rings. The molecule has 0 aliphatic heterocycles. The van der Waals surface area contributed by atoms with Crippen LogP contribution in [0.3, 0.4) is 0 Å². The number of hydrogen-bond donors (Lipinski definition) is 1. The molecular formula is C24H29ClF3N3O. The van der Waals surface area contributed by atoms with Crippen molar-refractivity contribution in [3.8, 4) is 17.1 Å². The molecule has 8 heteroatoms. The summed E-state index contributed by atoms with van der Waals surface area (Å²) in [6.07, 6.45) is 7.18. The third-order valence-corrected chi connectivity index (χ3v) is 5.62. The number of allylic oxidation sites excluding steroid dienone is 2. The zero-order chi connectivity index (χ0) is 23.1. The van der Waals surface area contributed by atoms with Gasteiger partial charge in [0.2, 0.25) is 0 Å². The first-order valence-electron chi connectivity index (χ1n) is 11.0. The van der Waals surface area contributed by atoms with Crippen LogP contribution in [0.1, 0.15) is 51.5 Å². The summed E-state index contributed by atoms with van der Waals surface area (Å²) in [7, 11) is 0. The molecule has 1 aromatic carbocycles. The Morgan fingerprint density at radius 2 is 1.91 bits per heavy atom. The molecule has 4 nitrogen and oxygen atoms in total. The summed E-state index contributed by atoms with van der Waals surface area (Å²) >= 11 is 5.98. The van der Waals surface area contributed by atoms with E-state index in [4.69, 9.17) is 16.3 Å². The molecule has 3 rings (SSSR count). The van der Waals surface area contributed by atoms with Gasteiger partial charge in [0.05, 0.1) is 5.69 Å². The van der Waals surface area contributed by atoms with Crippen LogP contribution in [0.15, 0.2) is 47.8 Å². The normalized spacial score (nSPS) is 16.2. The molecule has 0 spiro atoms. The first kappa shape index (κ1) is 24.2. The second-order valence-corrected chi connectivity index (χ2v) is 8.28. The summed E-state index contributed by atoms with van der Waals surface area (Å²) in [6, 6.07) is 2.87. The van der Waals surface area contributed by atoms with E-state index in [0.717, 1.165) is 31.7 Å². The lowest BCUT2D eigenvalue weighted by Crippen LogP contribution is -2.28. The van der Waals surface area contributed by atoms with E-state index in [-0.39, 0.29) is 5.75 Å². The van der Waals surface area contributed by atoms with Crippen molar-refractivity contribution in [2.24, 2.45) is 0 Å². The van der Waals surface area contributed by atoms with E-state index in [2.05, 4.69) is 23.8 Å². The molecule has 174 valence electrons. The zero-order valence-electron chi connectivity index (χ0n) is 18.4. The average molecular weight is 468 g/mol. The minimum Gasteiger partial charge on any atom is -0.483 e. The van der Waals surface area contributed by atoms with Gasteiger partial charge in [-0.3, -0.25) is 0 Å². The topological polar surface area (TPSA) is 41.2 Å². The number of benzene rings is 1. The average Bonchev–Trinajstić information content (AvgIpc) is 3.30. The molecule has 0 amide bonds. The molecule has 32 heavy (non-hydrogen) atoms. The maximum Gasteiger partial charge on any atom is 0.420 e. The SMILES string of the molecule is CCCCN(CCCC)c1cc(-c2ncc[nH]2)cc(C(F)(F)F)c1OC1C=CC(Cl)=CC1. The second-order valence-electron chi connectivity index (χ2n) is 7.84. The summed E-state index contributed by atoms with van der Waals surface area (Å²) in [5.74, 6) is 0.252. The predicted molar refractivity (Wildman–Crippen MR) is 123 cm³/mol. The molecule has 1 heterocycles. The first-order valence-corrected chi connectivity index (χ1v) is 11.4. The fourth-order valence-electron chi connectivity index (χ4n) is 3.61. The Hall–Kier alpha value is -2.41. The summed E-state index contributed by atoms with van der Waals surface area (Å²) in [4.78, 5) is 9.10. The van der Waals surface area contributed by atoms with Gasteiger partial charge < -0.3 is 14.6 Å². The number of nitrogens with one attached hydrogen (secondary N) is 1. The Bertz CT molecular complexity index is 931. The van der Waals surface area contributed by atoms with Gasteiger partial charge in [0.25, 0.3) is 0 Å². The number of unbranched alkanes of at least 4 members (excludes halogenated alkanes) is 2. The number of hydrogen-bond acceptors (Lipinski definition) is 3. The number of ether oxygens (including phenoxy) is 1. The minimum atomic E-state index is -4.58. The van der Waals surface area contributed by atoms with Crippen molar-refractivity contribution >= 4 is 17.3 Å². The highest BCUT2D eigenvalue weighted by atomic mass is 35.5. The van der Waals surface area contributed by atoms with E-state index >= 15 is 0 Å². The number of alkyl halides is 3. The number of halogens is 4. The van der Waals surface area contributed by atoms with Crippen molar-refractivity contribution in [3.05, 3.63) is 53.4 Å². The molecule has 1 aliphatic carbocycles. The van der Waals surface area contributed by atoms with Crippen molar-refractivity contribution in [2.45, 2.75) is 58.2 Å². The van der Waals surface area contributed by atoms with Gasteiger partial charge in [-0.25, -0.2) is 4.98 Å². The zero-order valence-corrected chi connectivity index (χ0v) is 19.1. The molecule has 0 bridgehead atoms. The number of rotatable bonds is 10. The van der Waals surface area contributed by atoms with Crippen LogP contribution in [0.25, 0.3) is 11.4 Å². The molecule has 1 N–H and O–H groups in total. The van der Waals surface area contributed by atoms with Crippen molar-refractivity contribution in [3.63, 3.8) is 0 Å². The van der Waals surface area contributed by atoms with Gasteiger partial charge in [0, 0.05) is 42.5 Å². The van der Waals surface area contributed by atoms with E-state index in [1.54, 1.807) is 30.5 Å². The summed E-state index contributed by atoms with van der Waals surface area (Å²) < 4.78 is 48.8. The Labute approximate surface area is 192 Å². The molecular weight excluding hydrogens is 439 g/mol. The molecule has 2 aromatic rings. The Morgan fingerprint density at radius 3 is 2.44 bits per heavy atom. The predicted octanol–water partition coefficient (Wildman–Crippen LogP) is 7.33. The maximum absolute atomic E-state index is 14.3. The van der Waals surface area contributed by atoms with Gasteiger partial charge in [0.15, 0.2) is 5.75 Å². The molecule has 1 atom stereocenters. The number of imidazole rings is 1. The highest BCUT2D eigenvalue weighted by Crippen LogP contribution is 2.45. The molecule has 0 radical (unpaired) electrons. The lowest BCUT2D eigenvalue weighted by atomic mass is 10.0. The highest BCUT2D eigenvalue weighted by Gasteiger charge is 2.38. The van der Waals surface area contributed by atoms with Crippen molar-refractivity contribution in [2.75, 3.05) is 18.0 Å². The van der Waals surface area contributed by atoms with Crippen LogP contribution in [-0.4, -0.2) is 29.2 Å². The number of H-pyrrole nitrogens is 1. The van der Waals surface area contributed by atoms with E-state index in [1.165, 1.54) is 6.20 Å². The van der Waals surface area contributed by atoms with Crippen LogP contribution in [0, 0.1) is 0 Å². The van der Waals surface area contributed by atoms with E-state index in [9.17, 15) is 13.2 Å². The molecule has 0 saturated carbocycles. The van der Waals surface area contributed by atoms with Crippen LogP contribution in [0.4, 0.5) is 18.9 Å². The third-order valence-electron chi connectivity index (χ3n) is 5.33. The lowest BCUT2D eigenvalue weighted by Gasteiger charge is -2.30. The first-order chi connectivity index (χ1) is 15.3. The molecule has 1 aromatic heterocycles. The van der Waals surface area contributed by atoms with Gasteiger partial charge in [0.1, 0.15) is 17.5 Å². The molecule has 0 saturated heterocycles. The number of aromatic nitrogens is 2. The van der Waals surface area contributed by atoms with Crippen molar-refractivity contribution in [1.29, 1.82) is 0 Å². The molecule has 1 unspecified atom stereocenters. The fourth-order valence-corrected chi connectivity index (χ4v) is 3.77. The number of anilines is 1. The van der Waals surface area contributed by atoms with E-state index < -0.39 is 17.8 Å². The minimum absolute atomic E-state index is 0.138. The van der Waals surface area contributed by atoms with Gasteiger partial charge in [-0.15, -0.1) is 0 Å². The van der Waals surface area contributed by atoms with Gasteiger partial charge in [-0.05, 0) is 37.1 Å². The summed E-state index contributed by atoms with van der Waals surface area (Å²) in [5, 5.41) is 0.557. The number of nitrogens with zero attached hydrogens (tertiary/aromatic N) is 2.